The SMILES string of the molecule is CCCOC(=NCCc1ccc(OC)c(OC)c1)NC(=O)c1ccc(Cl)c(Cl)c1. The van der Waals surface area contributed by atoms with Gasteiger partial charge in [0.1, 0.15) is 0 Å². The molecule has 156 valence electrons. The predicted octanol–water partition coefficient (Wildman–Crippen LogP) is 4.77. The summed E-state index contributed by atoms with van der Waals surface area (Å²) in [4.78, 5) is 16.9. The highest BCUT2D eigenvalue weighted by atomic mass is 35.5. The fourth-order valence-corrected chi connectivity index (χ4v) is 2.75. The highest BCUT2D eigenvalue weighted by Gasteiger charge is 2.12. The molecule has 0 spiro atoms. The number of hydrogen-bond acceptors (Lipinski definition) is 5. The average Bonchev–Trinajstić information content (AvgIpc) is 2.73. The van der Waals surface area contributed by atoms with Crippen LogP contribution in [0.15, 0.2) is 41.4 Å². The molecule has 0 saturated carbocycles. The zero-order valence-electron chi connectivity index (χ0n) is 16.6. The van der Waals surface area contributed by atoms with Crippen LogP contribution in [-0.4, -0.2) is 39.3 Å². The minimum absolute atomic E-state index is 0.170. The Hall–Kier alpha value is -2.44. The third-order valence-corrected chi connectivity index (χ3v) is 4.69. The molecule has 0 aliphatic rings. The number of benzene rings is 2. The number of carbonyl (C=O) groups is 1. The van der Waals surface area contributed by atoms with E-state index in [1.54, 1.807) is 26.4 Å². The number of aliphatic imine (C=N–C) groups is 1. The summed E-state index contributed by atoms with van der Waals surface area (Å²) in [7, 11) is 3.19. The van der Waals surface area contributed by atoms with Gasteiger partial charge in [-0.25, -0.2) is 4.99 Å². The molecule has 0 aliphatic heterocycles. The minimum Gasteiger partial charge on any atom is -0.493 e. The first-order valence-corrected chi connectivity index (χ1v) is 9.88. The maximum atomic E-state index is 12.5. The second kappa shape index (κ2) is 11.5. The first-order valence-electron chi connectivity index (χ1n) is 9.13. The van der Waals surface area contributed by atoms with E-state index in [0.29, 0.717) is 46.7 Å². The first-order chi connectivity index (χ1) is 14.0. The maximum absolute atomic E-state index is 12.5. The molecule has 8 heteroatoms. The third kappa shape index (κ3) is 6.84. The van der Waals surface area contributed by atoms with Crippen molar-refractivity contribution in [2.45, 2.75) is 19.8 Å². The van der Waals surface area contributed by atoms with Gasteiger partial charge < -0.3 is 14.2 Å². The zero-order chi connectivity index (χ0) is 21.2. The number of ether oxygens (including phenoxy) is 3. The molecule has 0 unspecified atom stereocenters. The Morgan fingerprint density at radius 1 is 1.03 bits per heavy atom. The Bertz CT molecular complexity index is 872. The summed E-state index contributed by atoms with van der Waals surface area (Å²) in [6.07, 6.45) is 1.43. The molecule has 1 N–H and O–H groups in total. The summed E-state index contributed by atoms with van der Waals surface area (Å²) in [5.41, 5.74) is 1.39. The van der Waals surface area contributed by atoms with E-state index in [2.05, 4.69) is 10.3 Å². The molecule has 0 heterocycles. The molecule has 1 amide bonds. The van der Waals surface area contributed by atoms with Gasteiger partial charge >= 0.3 is 0 Å². The van der Waals surface area contributed by atoms with Crippen LogP contribution in [0.3, 0.4) is 0 Å². The number of rotatable bonds is 8. The van der Waals surface area contributed by atoms with E-state index >= 15 is 0 Å². The van der Waals surface area contributed by atoms with Crippen LogP contribution in [0.2, 0.25) is 10.0 Å². The number of methoxy groups -OCH3 is 2. The van der Waals surface area contributed by atoms with E-state index in [1.807, 2.05) is 25.1 Å². The van der Waals surface area contributed by atoms with Crippen molar-refractivity contribution in [3.05, 3.63) is 57.6 Å². The van der Waals surface area contributed by atoms with E-state index in [-0.39, 0.29) is 11.9 Å². The summed E-state index contributed by atoms with van der Waals surface area (Å²) in [5, 5.41) is 3.37. The van der Waals surface area contributed by atoms with Crippen LogP contribution in [0.1, 0.15) is 29.3 Å². The number of hydrogen-bond donors (Lipinski definition) is 1. The van der Waals surface area contributed by atoms with Crippen LogP contribution in [0.5, 0.6) is 11.5 Å². The minimum atomic E-state index is -0.371. The van der Waals surface area contributed by atoms with Gasteiger partial charge in [-0.15, -0.1) is 0 Å². The Balaban J connectivity index is 2.05. The van der Waals surface area contributed by atoms with Gasteiger partial charge in [-0.05, 0) is 48.7 Å². The molecule has 0 atom stereocenters. The van der Waals surface area contributed by atoms with Crippen molar-refractivity contribution in [1.29, 1.82) is 0 Å². The van der Waals surface area contributed by atoms with E-state index < -0.39 is 0 Å². The number of amidine groups is 1. The second-order valence-electron chi connectivity index (χ2n) is 6.06. The summed E-state index contributed by atoms with van der Waals surface area (Å²) >= 11 is 11.9. The molecule has 2 aromatic carbocycles. The summed E-state index contributed by atoms with van der Waals surface area (Å²) in [6, 6.07) is 10.5. The third-order valence-electron chi connectivity index (χ3n) is 3.95. The lowest BCUT2D eigenvalue weighted by Crippen LogP contribution is -2.33. The van der Waals surface area contributed by atoms with Crippen LogP contribution in [0.25, 0.3) is 0 Å². The molecule has 0 bridgehead atoms. The average molecular weight is 439 g/mol. The monoisotopic (exact) mass is 438 g/mol. The maximum Gasteiger partial charge on any atom is 0.291 e. The van der Waals surface area contributed by atoms with Crippen molar-refractivity contribution in [1.82, 2.24) is 5.32 Å². The lowest BCUT2D eigenvalue weighted by Gasteiger charge is -2.11. The van der Waals surface area contributed by atoms with Crippen LogP contribution in [0.4, 0.5) is 0 Å². The van der Waals surface area contributed by atoms with Crippen LogP contribution >= 0.6 is 23.2 Å². The molecule has 0 saturated heterocycles. The number of nitrogens with one attached hydrogen (secondary N) is 1. The van der Waals surface area contributed by atoms with E-state index in [9.17, 15) is 4.79 Å². The van der Waals surface area contributed by atoms with E-state index in [1.165, 1.54) is 6.07 Å². The van der Waals surface area contributed by atoms with Crippen molar-refractivity contribution in [3.63, 3.8) is 0 Å². The van der Waals surface area contributed by atoms with E-state index in [0.717, 1.165) is 12.0 Å². The fourth-order valence-electron chi connectivity index (χ4n) is 2.45. The molecular formula is C21H24Cl2N2O4. The van der Waals surface area contributed by atoms with Gasteiger partial charge in [0.25, 0.3) is 11.9 Å². The lowest BCUT2D eigenvalue weighted by molar-refractivity contribution is 0.0965. The molecule has 0 fully saturated rings. The number of nitrogens with zero attached hydrogens (tertiary/aromatic N) is 1. The summed E-state index contributed by atoms with van der Waals surface area (Å²) < 4.78 is 16.1. The van der Waals surface area contributed by atoms with Gasteiger partial charge in [0.2, 0.25) is 0 Å². The standard InChI is InChI=1S/C21H24Cl2N2O4/c1-4-11-29-21(25-20(26)15-6-7-16(22)17(23)13-15)24-10-9-14-5-8-18(27-2)19(12-14)28-3/h5-8,12-13H,4,9-11H2,1-3H3,(H,24,25,26). The number of amides is 1. The molecule has 0 aromatic heterocycles. The smallest absolute Gasteiger partial charge is 0.291 e. The first kappa shape index (κ1) is 22.8. The van der Waals surface area contributed by atoms with Gasteiger partial charge in [0, 0.05) is 12.1 Å². The van der Waals surface area contributed by atoms with Gasteiger partial charge in [0.05, 0.1) is 30.9 Å². The summed E-state index contributed by atoms with van der Waals surface area (Å²) in [5.74, 6) is 0.953. The van der Waals surface area contributed by atoms with Crippen LogP contribution in [-0.2, 0) is 11.2 Å². The Morgan fingerprint density at radius 3 is 2.45 bits per heavy atom. The molecular weight excluding hydrogens is 415 g/mol. The highest BCUT2D eigenvalue weighted by molar-refractivity contribution is 6.42. The number of halogens is 2. The zero-order valence-corrected chi connectivity index (χ0v) is 18.1. The molecule has 0 aliphatic carbocycles. The van der Waals surface area contributed by atoms with Gasteiger partial charge in [-0.2, -0.15) is 0 Å². The molecule has 29 heavy (non-hydrogen) atoms. The normalized spacial score (nSPS) is 11.1. The Kier molecular flexibility index (Phi) is 9.09. The van der Waals surface area contributed by atoms with Gasteiger partial charge in [-0.3, -0.25) is 10.1 Å². The topological polar surface area (TPSA) is 69.2 Å². The molecule has 2 aromatic rings. The van der Waals surface area contributed by atoms with Crippen LogP contribution < -0.4 is 14.8 Å². The van der Waals surface area contributed by atoms with Gasteiger partial charge in [-0.1, -0.05) is 36.2 Å². The Morgan fingerprint density at radius 2 is 1.79 bits per heavy atom. The van der Waals surface area contributed by atoms with Crippen molar-refractivity contribution in [2.24, 2.45) is 4.99 Å². The molecule has 2 rings (SSSR count). The van der Waals surface area contributed by atoms with Gasteiger partial charge in [0.15, 0.2) is 11.5 Å². The van der Waals surface area contributed by atoms with Crippen molar-refractivity contribution in [2.75, 3.05) is 27.4 Å². The fraction of sp³-hybridized carbons (Fsp3) is 0.333. The Labute approximate surface area is 180 Å². The van der Waals surface area contributed by atoms with Crippen LogP contribution in [0, 0.1) is 0 Å². The van der Waals surface area contributed by atoms with Crippen molar-refractivity contribution >= 4 is 35.1 Å². The quantitative estimate of drug-likeness (QED) is 0.476. The van der Waals surface area contributed by atoms with Crippen molar-refractivity contribution < 1.29 is 19.0 Å². The molecule has 6 nitrogen and oxygen atoms in total. The second-order valence-corrected chi connectivity index (χ2v) is 6.87. The molecule has 0 radical (unpaired) electrons. The predicted molar refractivity (Wildman–Crippen MR) is 116 cm³/mol. The largest absolute Gasteiger partial charge is 0.493 e. The van der Waals surface area contributed by atoms with Crippen molar-refractivity contribution in [3.8, 4) is 11.5 Å². The summed E-state index contributed by atoms with van der Waals surface area (Å²) in [6.45, 7) is 2.84. The number of carbonyl (C=O) groups excluding carboxylic acids is 1. The van der Waals surface area contributed by atoms with E-state index in [4.69, 9.17) is 37.4 Å². The highest BCUT2D eigenvalue weighted by Crippen LogP contribution is 2.27. The lowest BCUT2D eigenvalue weighted by atomic mass is 10.1.